The molecule has 0 saturated carbocycles. The van der Waals surface area contributed by atoms with Crippen molar-refractivity contribution in [3.8, 4) is 17.2 Å². The summed E-state index contributed by atoms with van der Waals surface area (Å²) in [5.74, 6) is 1.39. The lowest BCUT2D eigenvalue weighted by Gasteiger charge is -2.13. The van der Waals surface area contributed by atoms with E-state index in [4.69, 9.17) is 18.9 Å². The number of para-hydroxylation sites is 1. The predicted octanol–water partition coefficient (Wildman–Crippen LogP) is 2.92. The molecule has 5 heteroatoms. The number of methoxy groups -OCH3 is 2. The molecule has 1 atom stereocenters. The van der Waals surface area contributed by atoms with Gasteiger partial charge in [0.1, 0.15) is 36.4 Å². The van der Waals surface area contributed by atoms with Crippen LogP contribution in [-0.2, 0) is 16.1 Å². The van der Waals surface area contributed by atoms with Crippen molar-refractivity contribution < 1.29 is 23.7 Å². The summed E-state index contributed by atoms with van der Waals surface area (Å²) in [5, 5.41) is 0. The topological polar surface area (TPSA) is 54.0 Å². The molecule has 1 heterocycles. The van der Waals surface area contributed by atoms with Crippen LogP contribution in [0.4, 0.5) is 0 Å². The molecule has 1 aliphatic rings. The Morgan fingerprint density at radius 1 is 1.17 bits per heavy atom. The summed E-state index contributed by atoms with van der Waals surface area (Å²) in [5.41, 5.74) is 1.63. The van der Waals surface area contributed by atoms with Gasteiger partial charge in [-0.05, 0) is 24.3 Å². The van der Waals surface area contributed by atoms with E-state index in [-0.39, 0.29) is 18.5 Å². The third-order valence-corrected chi connectivity index (χ3v) is 3.84. The first-order valence-corrected chi connectivity index (χ1v) is 7.32. The SMILES string of the molecule is COc1ccc(OC)c(COC(=O)C2COc3ccccc32)c1. The van der Waals surface area contributed by atoms with Gasteiger partial charge in [0.25, 0.3) is 0 Å². The lowest BCUT2D eigenvalue weighted by molar-refractivity contribution is -0.147. The molecule has 1 aliphatic heterocycles. The number of esters is 1. The highest BCUT2D eigenvalue weighted by Crippen LogP contribution is 2.34. The molecule has 120 valence electrons. The van der Waals surface area contributed by atoms with Crippen molar-refractivity contribution in [2.45, 2.75) is 12.5 Å². The maximum Gasteiger partial charge on any atom is 0.317 e. The van der Waals surface area contributed by atoms with Crippen LogP contribution < -0.4 is 14.2 Å². The van der Waals surface area contributed by atoms with Crippen LogP contribution in [0, 0.1) is 0 Å². The smallest absolute Gasteiger partial charge is 0.317 e. The Morgan fingerprint density at radius 2 is 2.00 bits per heavy atom. The van der Waals surface area contributed by atoms with Crippen LogP contribution in [0.5, 0.6) is 17.2 Å². The number of carbonyl (C=O) groups is 1. The highest BCUT2D eigenvalue weighted by Gasteiger charge is 2.31. The molecule has 0 N–H and O–H groups in total. The Balaban J connectivity index is 1.71. The molecule has 2 aromatic carbocycles. The Kier molecular flexibility index (Phi) is 4.37. The fourth-order valence-corrected chi connectivity index (χ4v) is 2.60. The molecular formula is C18H18O5. The fourth-order valence-electron chi connectivity index (χ4n) is 2.60. The van der Waals surface area contributed by atoms with E-state index in [1.165, 1.54) is 0 Å². The second kappa shape index (κ2) is 6.60. The van der Waals surface area contributed by atoms with E-state index in [2.05, 4.69) is 0 Å². The molecule has 0 aliphatic carbocycles. The summed E-state index contributed by atoms with van der Waals surface area (Å²) in [4.78, 5) is 12.4. The number of hydrogen-bond donors (Lipinski definition) is 0. The van der Waals surface area contributed by atoms with Crippen molar-refractivity contribution in [1.29, 1.82) is 0 Å². The quantitative estimate of drug-likeness (QED) is 0.794. The van der Waals surface area contributed by atoms with Gasteiger partial charge in [-0.2, -0.15) is 0 Å². The molecular weight excluding hydrogens is 296 g/mol. The maximum atomic E-state index is 12.4. The van der Waals surface area contributed by atoms with Crippen LogP contribution >= 0.6 is 0 Å². The molecule has 0 saturated heterocycles. The first-order chi connectivity index (χ1) is 11.2. The molecule has 0 bridgehead atoms. The summed E-state index contributed by atoms with van der Waals surface area (Å²) in [7, 11) is 3.17. The third kappa shape index (κ3) is 3.08. The molecule has 0 amide bonds. The molecule has 0 fully saturated rings. The second-order valence-electron chi connectivity index (χ2n) is 5.19. The number of hydrogen-bond acceptors (Lipinski definition) is 5. The first kappa shape index (κ1) is 15.2. The van der Waals surface area contributed by atoms with Gasteiger partial charge < -0.3 is 18.9 Å². The van der Waals surface area contributed by atoms with E-state index in [1.54, 1.807) is 32.4 Å². The van der Waals surface area contributed by atoms with Gasteiger partial charge in [-0.25, -0.2) is 0 Å². The summed E-state index contributed by atoms with van der Waals surface area (Å²) in [6.07, 6.45) is 0. The Hall–Kier alpha value is -2.69. The summed E-state index contributed by atoms with van der Waals surface area (Å²) in [6, 6.07) is 12.9. The highest BCUT2D eigenvalue weighted by molar-refractivity contribution is 5.80. The van der Waals surface area contributed by atoms with Gasteiger partial charge >= 0.3 is 5.97 Å². The monoisotopic (exact) mass is 314 g/mol. The van der Waals surface area contributed by atoms with Crippen LogP contribution in [0.15, 0.2) is 42.5 Å². The van der Waals surface area contributed by atoms with Crippen molar-refractivity contribution in [1.82, 2.24) is 0 Å². The van der Waals surface area contributed by atoms with Crippen LogP contribution in [0.3, 0.4) is 0 Å². The second-order valence-corrected chi connectivity index (χ2v) is 5.19. The van der Waals surface area contributed by atoms with Crippen molar-refractivity contribution in [3.05, 3.63) is 53.6 Å². The highest BCUT2D eigenvalue weighted by atomic mass is 16.5. The zero-order valence-corrected chi connectivity index (χ0v) is 13.1. The minimum Gasteiger partial charge on any atom is -0.497 e. The van der Waals surface area contributed by atoms with E-state index in [1.807, 2.05) is 24.3 Å². The van der Waals surface area contributed by atoms with Crippen LogP contribution in [-0.4, -0.2) is 26.8 Å². The average Bonchev–Trinajstić information content (AvgIpc) is 3.03. The summed E-state index contributed by atoms with van der Waals surface area (Å²) >= 11 is 0. The van der Waals surface area contributed by atoms with Gasteiger partial charge in [-0.1, -0.05) is 18.2 Å². The zero-order valence-electron chi connectivity index (χ0n) is 13.1. The Morgan fingerprint density at radius 3 is 2.78 bits per heavy atom. The number of fused-ring (bicyclic) bond motifs is 1. The number of carbonyl (C=O) groups excluding carboxylic acids is 1. The largest absolute Gasteiger partial charge is 0.497 e. The number of ether oxygens (including phenoxy) is 4. The first-order valence-electron chi connectivity index (χ1n) is 7.32. The molecule has 5 nitrogen and oxygen atoms in total. The normalized spacial score (nSPS) is 15.5. The van der Waals surface area contributed by atoms with E-state index in [0.29, 0.717) is 18.1 Å². The minimum absolute atomic E-state index is 0.123. The van der Waals surface area contributed by atoms with Gasteiger partial charge in [-0.3, -0.25) is 4.79 Å². The molecule has 0 aromatic heterocycles. The average molecular weight is 314 g/mol. The number of rotatable bonds is 5. The van der Waals surface area contributed by atoms with E-state index in [0.717, 1.165) is 16.9 Å². The maximum absolute atomic E-state index is 12.4. The van der Waals surface area contributed by atoms with Crippen molar-refractivity contribution in [3.63, 3.8) is 0 Å². The Bertz CT molecular complexity index is 710. The molecule has 23 heavy (non-hydrogen) atoms. The minimum atomic E-state index is -0.386. The van der Waals surface area contributed by atoms with Gasteiger partial charge in [0.15, 0.2) is 0 Å². The lowest BCUT2D eigenvalue weighted by Crippen LogP contribution is -2.17. The van der Waals surface area contributed by atoms with Crippen LogP contribution in [0.25, 0.3) is 0 Å². The lowest BCUT2D eigenvalue weighted by atomic mass is 10.0. The summed E-state index contributed by atoms with van der Waals surface area (Å²) in [6.45, 7) is 0.436. The van der Waals surface area contributed by atoms with Crippen molar-refractivity contribution in [2.75, 3.05) is 20.8 Å². The Labute approximate surface area is 134 Å². The van der Waals surface area contributed by atoms with Crippen molar-refractivity contribution >= 4 is 5.97 Å². The molecule has 0 spiro atoms. The standard InChI is InChI=1S/C18H18O5/c1-20-13-7-8-16(21-2)12(9-13)10-23-18(19)15-11-22-17-6-4-3-5-14(15)17/h3-9,15H,10-11H2,1-2H3. The molecule has 1 unspecified atom stereocenters. The molecule has 3 rings (SSSR count). The summed E-state index contributed by atoms with van der Waals surface area (Å²) < 4.78 is 21.5. The number of benzene rings is 2. The van der Waals surface area contributed by atoms with Gasteiger partial charge in [-0.15, -0.1) is 0 Å². The predicted molar refractivity (Wildman–Crippen MR) is 84.0 cm³/mol. The van der Waals surface area contributed by atoms with Crippen LogP contribution in [0.2, 0.25) is 0 Å². The van der Waals surface area contributed by atoms with Gasteiger partial charge in [0, 0.05) is 11.1 Å². The fraction of sp³-hybridized carbons (Fsp3) is 0.278. The molecule has 2 aromatic rings. The van der Waals surface area contributed by atoms with E-state index >= 15 is 0 Å². The van der Waals surface area contributed by atoms with Gasteiger partial charge in [0.05, 0.1) is 14.2 Å². The van der Waals surface area contributed by atoms with E-state index in [9.17, 15) is 4.79 Å². The van der Waals surface area contributed by atoms with E-state index < -0.39 is 0 Å². The third-order valence-electron chi connectivity index (χ3n) is 3.84. The van der Waals surface area contributed by atoms with Gasteiger partial charge in [0.2, 0.25) is 0 Å². The zero-order chi connectivity index (χ0) is 16.2. The van der Waals surface area contributed by atoms with Crippen molar-refractivity contribution in [2.24, 2.45) is 0 Å². The van der Waals surface area contributed by atoms with Crippen LogP contribution in [0.1, 0.15) is 17.0 Å². The molecule has 0 radical (unpaired) electrons.